The lowest BCUT2D eigenvalue weighted by Gasteiger charge is -2.16. The molecule has 1 aromatic carbocycles. The van der Waals surface area contributed by atoms with Crippen LogP contribution in [0.1, 0.15) is 18.1 Å². The molecule has 1 rings (SSSR count). The SMILES string of the molecule is COC(CNC(=O)CCN)c1ccccc1. The fraction of sp³-hybridized carbons (Fsp3) is 0.417. The summed E-state index contributed by atoms with van der Waals surface area (Å²) in [5.41, 5.74) is 6.34. The summed E-state index contributed by atoms with van der Waals surface area (Å²) in [4.78, 5) is 11.2. The zero-order chi connectivity index (χ0) is 11.8. The Bertz CT molecular complexity index is 314. The van der Waals surface area contributed by atoms with E-state index in [1.165, 1.54) is 0 Å². The van der Waals surface area contributed by atoms with Crippen LogP contribution in [0.2, 0.25) is 0 Å². The second-order valence-corrected chi connectivity index (χ2v) is 3.48. The van der Waals surface area contributed by atoms with E-state index in [1.807, 2.05) is 30.3 Å². The average Bonchev–Trinajstić information content (AvgIpc) is 2.31. The number of amides is 1. The largest absolute Gasteiger partial charge is 0.375 e. The number of benzene rings is 1. The van der Waals surface area contributed by atoms with Crippen LogP contribution < -0.4 is 11.1 Å². The predicted octanol–water partition coefficient (Wildman–Crippen LogP) is 0.839. The fourth-order valence-corrected chi connectivity index (χ4v) is 1.43. The number of carbonyl (C=O) groups excluding carboxylic acids is 1. The van der Waals surface area contributed by atoms with E-state index in [0.717, 1.165) is 5.56 Å². The van der Waals surface area contributed by atoms with E-state index in [-0.39, 0.29) is 12.0 Å². The van der Waals surface area contributed by atoms with E-state index in [9.17, 15) is 4.79 Å². The molecule has 0 saturated carbocycles. The Labute approximate surface area is 95.8 Å². The number of rotatable bonds is 6. The Balaban J connectivity index is 2.47. The van der Waals surface area contributed by atoms with Gasteiger partial charge in [-0.25, -0.2) is 0 Å². The van der Waals surface area contributed by atoms with Crippen molar-refractivity contribution in [1.29, 1.82) is 0 Å². The molecule has 1 aromatic rings. The Morgan fingerprint density at radius 3 is 2.69 bits per heavy atom. The number of hydrogen-bond donors (Lipinski definition) is 2. The van der Waals surface area contributed by atoms with Crippen molar-refractivity contribution in [2.45, 2.75) is 12.5 Å². The number of ether oxygens (including phenoxy) is 1. The molecule has 0 saturated heterocycles. The minimum absolute atomic E-state index is 0.0412. The van der Waals surface area contributed by atoms with Crippen molar-refractivity contribution in [1.82, 2.24) is 5.32 Å². The highest BCUT2D eigenvalue weighted by Gasteiger charge is 2.10. The van der Waals surface area contributed by atoms with Crippen LogP contribution in [0.3, 0.4) is 0 Å². The summed E-state index contributed by atoms with van der Waals surface area (Å²) in [5, 5.41) is 2.79. The Hall–Kier alpha value is -1.39. The van der Waals surface area contributed by atoms with Gasteiger partial charge in [-0.15, -0.1) is 0 Å². The van der Waals surface area contributed by atoms with Crippen molar-refractivity contribution in [2.24, 2.45) is 5.73 Å². The molecular weight excluding hydrogens is 204 g/mol. The van der Waals surface area contributed by atoms with Gasteiger partial charge < -0.3 is 15.8 Å². The first-order valence-electron chi connectivity index (χ1n) is 5.32. The fourth-order valence-electron chi connectivity index (χ4n) is 1.43. The number of methoxy groups -OCH3 is 1. The molecule has 88 valence electrons. The van der Waals surface area contributed by atoms with E-state index in [1.54, 1.807) is 7.11 Å². The van der Waals surface area contributed by atoms with Crippen molar-refractivity contribution >= 4 is 5.91 Å². The van der Waals surface area contributed by atoms with Gasteiger partial charge in [-0.05, 0) is 5.56 Å². The minimum Gasteiger partial charge on any atom is -0.375 e. The number of hydrogen-bond acceptors (Lipinski definition) is 3. The van der Waals surface area contributed by atoms with Gasteiger partial charge in [0, 0.05) is 26.6 Å². The second-order valence-electron chi connectivity index (χ2n) is 3.48. The van der Waals surface area contributed by atoms with Gasteiger partial charge in [0.15, 0.2) is 0 Å². The van der Waals surface area contributed by atoms with Gasteiger partial charge in [-0.3, -0.25) is 4.79 Å². The number of nitrogens with two attached hydrogens (primary N) is 1. The second kappa shape index (κ2) is 6.98. The molecule has 4 heteroatoms. The van der Waals surface area contributed by atoms with Crippen molar-refractivity contribution in [3.63, 3.8) is 0 Å². The van der Waals surface area contributed by atoms with Crippen molar-refractivity contribution < 1.29 is 9.53 Å². The predicted molar refractivity (Wildman–Crippen MR) is 62.9 cm³/mol. The third-order valence-electron chi connectivity index (χ3n) is 2.31. The summed E-state index contributed by atoms with van der Waals surface area (Å²) in [5.74, 6) is -0.0412. The maximum Gasteiger partial charge on any atom is 0.221 e. The van der Waals surface area contributed by atoms with Crippen LogP contribution in [-0.2, 0) is 9.53 Å². The summed E-state index contributed by atoms with van der Waals surface area (Å²) in [6.45, 7) is 0.841. The summed E-state index contributed by atoms with van der Waals surface area (Å²) in [7, 11) is 1.63. The Morgan fingerprint density at radius 2 is 2.12 bits per heavy atom. The molecule has 1 unspecified atom stereocenters. The molecule has 4 nitrogen and oxygen atoms in total. The molecule has 0 aliphatic carbocycles. The van der Waals surface area contributed by atoms with Gasteiger partial charge in [0.2, 0.25) is 5.91 Å². The topological polar surface area (TPSA) is 64.3 Å². The lowest BCUT2D eigenvalue weighted by molar-refractivity contribution is -0.121. The molecule has 0 radical (unpaired) electrons. The van der Waals surface area contributed by atoms with Crippen LogP contribution in [0.25, 0.3) is 0 Å². The van der Waals surface area contributed by atoms with Gasteiger partial charge in [0.25, 0.3) is 0 Å². The van der Waals surface area contributed by atoms with Crippen molar-refractivity contribution in [2.75, 3.05) is 20.2 Å². The smallest absolute Gasteiger partial charge is 0.221 e. The molecule has 16 heavy (non-hydrogen) atoms. The first-order chi connectivity index (χ1) is 7.77. The molecule has 0 bridgehead atoms. The zero-order valence-electron chi connectivity index (χ0n) is 9.48. The summed E-state index contributed by atoms with van der Waals surface area (Å²) in [6.07, 6.45) is 0.244. The molecule has 0 spiro atoms. The molecule has 1 atom stereocenters. The van der Waals surface area contributed by atoms with E-state index in [0.29, 0.717) is 19.5 Å². The third-order valence-corrected chi connectivity index (χ3v) is 2.31. The van der Waals surface area contributed by atoms with E-state index >= 15 is 0 Å². The summed E-state index contributed by atoms with van der Waals surface area (Å²) < 4.78 is 5.32. The van der Waals surface area contributed by atoms with Crippen LogP contribution in [0.4, 0.5) is 0 Å². The lowest BCUT2D eigenvalue weighted by Crippen LogP contribution is -2.30. The number of carbonyl (C=O) groups is 1. The molecular formula is C12H18N2O2. The van der Waals surface area contributed by atoms with Crippen molar-refractivity contribution in [3.8, 4) is 0 Å². The molecule has 0 aliphatic heterocycles. The maximum absolute atomic E-state index is 11.2. The molecule has 1 amide bonds. The average molecular weight is 222 g/mol. The van der Waals surface area contributed by atoms with Gasteiger partial charge in [0.05, 0.1) is 6.10 Å². The number of nitrogens with one attached hydrogen (secondary N) is 1. The van der Waals surface area contributed by atoms with E-state index in [4.69, 9.17) is 10.5 Å². The molecule has 0 heterocycles. The lowest BCUT2D eigenvalue weighted by atomic mass is 10.1. The summed E-state index contributed by atoms with van der Waals surface area (Å²) in [6, 6.07) is 9.79. The van der Waals surface area contributed by atoms with E-state index < -0.39 is 0 Å². The Morgan fingerprint density at radius 1 is 1.44 bits per heavy atom. The maximum atomic E-state index is 11.2. The highest BCUT2D eigenvalue weighted by Crippen LogP contribution is 2.14. The van der Waals surface area contributed by atoms with Crippen LogP contribution in [0.5, 0.6) is 0 Å². The zero-order valence-corrected chi connectivity index (χ0v) is 9.48. The first-order valence-corrected chi connectivity index (χ1v) is 5.32. The van der Waals surface area contributed by atoms with Crippen LogP contribution >= 0.6 is 0 Å². The van der Waals surface area contributed by atoms with Crippen LogP contribution in [0, 0.1) is 0 Å². The molecule has 0 fully saturated rings. The quantitative estimate of drug-likeness (QED) is 0.749. The van der Waals surface area contributed by atoms with Gasteiger partial charge in [-0.1, -0.05) is 30.3 Å². The van der Waals surface area contributed by atoms with Crippen LogP contribution in [-0.4, -0.2) is 26.1 Å². The Kier molecular flexibility index (Phi) is 5.53. The van der Waals surface area contributed by atoms with Gasteiger partial charge in [0.1, 0.15) is 0 Å². The van der Waals surface area contributed by atoms with Crippen molar-refractivity contribution in [3.05, 3.63) is 35.9 Å². The molecule has 0 aromatic heterocycles. The first kappa shape index (κ1) is 12.7. The highest BCUT2D eigenvalue weighted by molar-refractivity contribution is 5.76. The molecule has 3 N–H and O–H groups in total. The van der Waals surface area contributed by atoms with Gasteiger partial charge in [-0.2, -0.15) is 0 Å². The highest BCUT2D eigenvalue weighted by atomic mass is 16.5. The van der Waals surface area contributed by atoms with Crippen LogP contribution in [0.15, 0.2) is 30.3 Å². The van der Waals surface area contributed by atoms with Gasteiger partial charge >= 0.3 is 0 Å². The normalized spacial score (nSPS) is 12.1. The van der Waals surface area contributed by atoms with E-state index in [2.05, 4.69) is 5.32 Å². The standard InChI is InChI=1S/C12H18N2O2/c1-16-11(9-14-12(15)7-8-13)10-5-3-2-4-6-10/h2-6,11H,7-9,13H2,1H3,(H,14,15). The minimum atomic E-state index is -0.108. The molecule has 0 aliphatic rings. The summed E-state index contributed by atoms with van der Waals surface area (Å²) >= 11 is 0. The third kappa shape index (κ3) is 4.00. The monoisotopic (exact) mass is 222 g/mol.